The van der Waals surface area contributed by atoms with Crippen LogP contribution in [0.4, 0.5) is 5.69 Å². The Morgan fingerprint density at radius 3 is 2.35 bits per heavy atom. The maximum Gasteiger partial charge on any atom is 0.253 e. The van der Waals surface area contributed by atoms with Crippen molar-refractivity contribution in [2.45, 2.75) is 30.9 Å². The van der Waals surface area contributed by atoms with E-state index in [9.17, 15) is 4.79 Å². The van der Waals surface area contributed by atoms with E-state index >= 15 is 0 Å². The second-order valence-electron chi connectivity index (χ2n) is 5.71. The first-order valence-corrected chi connectivity index (χ1v) is 9.89. The zero-order valence-electron chi connectivity index (χ0n) is 15.3. The number of rotatable bonds is 8. The Labute approximate surface area is 164 Å². The SMILES string of the molecule is CCN(CC)c1ccc(/C=N\NC(=O)[C@H](C)Sc2ccc(Cl)cc2)cc1. The molecule has 2 aromatic carbocycles. The molecular weight excluding hydrogens is 366 g/mol. The molecule has 6 heteroatoms. The molecule has 2 aromatic rings. The molecule has 1 atom stereocenters. The Morgan fingerprint density at radius 1 is 1.15 bits per heavy atom. The van der Waals surface area contributed by atoms with Crippen molar-refractivity contribution in [3.63, 3.8) is 0 Å². The Balaban J connectivity index is 1.86. The molecule has 0 saturated heterocycles. The lowest BCUT2D eigenvalue weighted by Crippen LogP contribution is -2.26. The van der Waals surface area contributed by atoms with Crippen LogP contribution in [0.2, 0.25) is 5.02 Å². The van der Waals surface area contributed by atoms with Crippen molar-refractivity contribution in [3.8, 4) is 0 Å². The number of nitrogens with zero attached hydrogens (tertiary/aromatic N) is 2. The van der Waals surface area contributed by atoms with Gasteiger partial charge in [0, 0.05) is 28.7 Å². The summed E-state index contributed by atoms with van der Waals surface area (Å²) in [5.41, 5.74) is 4.72. The third-order valence-electron chi connectivity index (χ3n) is 3.91. The van der Waals surface area contributed by atoms with Gasteiger partial charge in [-0.2, -0.15) is 5.10 Å². The average molecular weight is 390 g/mol. The van der Waals surface area contributed by atoms with Gasteiger partial charge in [-0.3, -0.25) is 4.79 Å². The lowest BCUT2D eigenvalue weighted by molar-refractivity contribution is -0.120. The quantitative estimate of drug-likeness (QED) is 0.400. The Bertz CT molecular complexity index is 728. The largest absolute Gasteiger partial charge is 0.372 e. The van der Waals surface area contributed by atoms with Crippen LogP contribution in [0.5, 0.6) is 0 Å². The summed E-state index contributed by atoms with van der Waals surface area (Å²) in [7, 11) is 0. The Kier molecular flexibility index (Phi) is 8.01. The van der Waals surface area contributed by atoms with Crippen molar-refractivity contribution in [1.82, 2.24) is 5.43 Å². The van der Waals surface area contributed by atoms with Crippen LogP contribution in [0.1, 0.15) is 26.3 Å². The summed E-state index contributed by atoms with van der Waals surface area (Å²) >= 11 is 7.34. The fraction of sp³-hybridized carbons (Fsp3) is 0.300. The number of hydrogen-bond acceptors (Lipinski definition) is 4. The van der Waals surface area contributed by atoms with Gasteiger partial charge in [-0.1, -0.05) is 23.7 Å². The summed E-state index contributed by atoms with van der Waals surface area (Å²) in [6.07, 6.45) is 1.66. The second-order valence-corrected chi connectivity index (χ2v) is 7.56. The fourth-order valence-corrected chi connectivity index (χ4v) is 3.38. The molecule has 0 unspecified atom stereocenters. The van der Waals surface area contributed by atoms with Crippen LogP contribution in [0.25, 0.3) is 0 Å². The van der Waals surface area contributed by atoms with Crippen molar-refractivity contribution < 1.29 is 4.79 Å². The molecule has 4 nitrogen and oxygen atoms in total. The minimum Gasteiger partial charge on any atom is -0.372 e. The van der Waals surface area contributed by atoms with E-state index in [4.69, 9.17) is 11.6 Å². The summed E-state index contributed by atoms with van der Waals surface area (Å²) in [6, 6.07) is 15.5. The van der Waals surface area contributed by atoms with Gasteiger partial charge in [0.15, 0.2) is 0 Å². The number of benzene rings is 2. The third kappa shape index (κ3) is 6.07. The first-order valence-electron chi connectivity index (χ1n) is 8.63. The topological polar surface area (TPSA) is 44.7 Å². The molecule has 0 saturated carbocycles. The summed E-state index contributed by atoms with van der Waals surface area (Å²) < 4.78 is 0. The van der Waals surface area contributed by atoms with E-state index in [1.165, 1.54) is 17.4 Å². The van der Waals surface area contributed by atoms with Crippen LogP contribution in [-0.2, 0) is 4.79 Å². The standard InChI is InChI=1S/C20H24ClN3OS/c1-4-24(5-2)18-10-6-16(7-11-18)14-22-23-20(25)15(3)26-19-12-8-17(21)9-13-19/h6-15H,4-5H2,1-3H3,(H,23,25)/b22-14-/t15-/m0/s1. The van der Waals surface area contributed by atoms with Crippen LogP contribution >= 0.6 is 23.4 Å². The maximum atomic E-state index is 12.1. The fourth-order valence-electron chi connectivity index (χ4n) is 2.39. The van der Waals surface area contributed by atoms with Crippen LogP contribution in [-0.4, -0.2) is 30.5 Å². The number of hydrazone groups is 1. The molecule has 0 spiro atoms. The van der Waals surface area contributed by atoms with E-state index in [2.05, 4.69) is 41.4 Å². The average Bonchev–Trinajstić information content (AvgIpc) is 2.65. The molecule has 0 fully saturated rings. The summed E-state index contributed by atoms with van der Waals surface area (Å²) in [6.45, 7) is 8.07. The van der Waals surface area contributed by atoms with E-state index < -0.39 is 0 Å². The zero-order valence-corrected chi connectivity index (χ0v) is 16.8. The molecule has 1 N–H and O–H groups in total. The molecule has 0 aromatic heterocycles. The number of nitrogens with one attached hydrogen (secondary N) is 1. The first-order chi connectivity index (χ1) is 12.5. The van der Waals surface area contributed by atoms with E-state index in [1.54, 1.807) is 6.21 Å². The van der Waals surface area contributed by atoms with Gasteiger partial charge in [-0.05, 0) is 62.7 Å². The van der Waals surface area contributed by atoms with E-state index in [1.807, 2.05) is 43.3 Å². The molecule has 0 heterocycles. The van der Waals surface area contributed by atoms with E-state index in [0.29, 0.717) is 5.02 Å². The smallest absolute Gasteiger partial charge is 0.253 e. The number of anilines is 1. The lowest BCUT2D eigenvalue weighted by atomic mass is 10.2. The molecular formula is C20H24ClN3OS. The van der Waals surface area contributed by atoms with Crippen LogP contribution in [0.3, 0.4) is 0 Å². The molecule has 138 valence electrons. The molecule has 0 radical (unpaired) electrons. The van der Waals surface area contributed by atoms with Crippen molar-refractivity contribution in [1.29, 1.82) is 0 Å². The van der Waals surface area contributed by atoms with Crippen LogP contribution in [0, 0.1) is 0 Å². The minimum atomic E-state index is -0.252. The van der Waals surface area contributed by atoms with Gasteiger partial charge in [-0.25, -0.2) is 5.43 Å². The first kappa shape index (κ1) is 20.3. The van der Waals surface area contributed by atoms with Gasteiger partial charge in [0.25, 0.3) is 5.91 Å². The molecule has 1 amide bonds. The normalized spacial score (nSPS) is 12.2. The van der Waals surface area contributed by atoms with Crippen LogP contribution < -0.4 is 10.3 Å². The van der Waals surface area contributed by atoms with Gasteiger partial charge in [-0.15, -0.1) is 11.8 Å². The highest BCUT2D eigenvalue weighted by Crippen LogP contribution is 2.24. The predicted octanol–water partition coefficient (Wildman–Crippen LogP) is 4.82. The highest BCUT2D eigenvalue weighted by molar-refractivity contribution is 8.00. The van der Waals surface area contributed by atoms with Gasteiger partial charge in [0.05, 0.1) is 11.5 Å². The Morgan fingerprint density at radius 2 is 1.77 bits per heavy atom. The monoisotopic (exact) mass is 389 g/mol. The molecule has 0 bridgehead atoms. The Hall–Kier alpha value is -1.98. The van der Waals surface area contributed by atoms with Gasteiger partial charge in [0.1, 0.15) is 0 Å². The predicted molar refractivity (Wildman–Crippen MR) is 113 cm³/mol. The number of carbonyl (C=O) groups is 1. The highest BCUT2D eigenvalue weighted by atomic mass is 35.5. The molecule has 26 heavy (non-hydrogen) atoms. The lowest BCUT2D eigenvalue weighted by Gasteiger charge is -2.20. The molecule has 0 aliphatic rings. The summed E-state index contributed by atoms with van der Waals surface area (Å²) in [4.78, 5) is 15.4. The molecule has 0 aliphatic heterocycles. The zero-order chi connectivity index (χ0) is 18.9. The number of hydrogen-bond donors (Lipinski definition) is 1. The molecule has 2 rings (SSSR count). The number of carbonyl (C=O) groups excluding carboxylic acids is 1. The minimum absolute atomic E-state index is 0.138. The van der Waals surface area contributed by atoms with Crippen LogP contribution in [0.15, 0.2) is 58.5 Å². The van der Waals surface area contributed by atoms with E-state index in [-0.39, 0.29) is 11.2 Å². The molecule has 0 aliphatic carbocycles. The number of halogens is 1. The number of amides is 1. The van der Waals surface area contributed by atoms with Crippen molar-refractivity contribution in [3.05, 3.63) is 59.1 Å². The third-order valence-corrected chi connectivity index (χ3v) is 5.27. The van der Waals surface area contributed by atoms with Crippen molar-refractivity contribution in [2.24, 2.45) is 5.10 Å². The van der Waals surface area contributed by atoms with Gasteiger partial charge < -0.3 is 4.90 Å². The van der Waals surface area contributed by atoms with E-state index in [0.717, 1.165) is 23.5 Å². The second kappa shape index (κ2) is 10.2. The summed E-state index contributed by atoms with van der Waals surface area (Å²) in [5, 5.41) is 4.49. The number of thioether (sulfide) groups is 1. The van der Waals surface area contributed by atoms with Gasteiger partial charge >= 0.3 is 0 Å². The van der Waals surface area contributed by atoms with Crippen molar-refractivity contribution >= 4 is 41.2 Å². The van der Waals surface area contributed by atoms with Crippen molar-refractivity contribution in [2.75, 3.05) is 18.0 Å². The maximum absolute atomic E-state index is 12.1. The van der Waals surface area contributed by atoms with Gasteiger partial charge in [0.2, 0.25) is 0 Å². The summed E-state index contributed by atoms with van der Waals surface area (Å²) in [5.74, 6) is -0.138. The highest BCUT2D eigenvalue weighted by Gasteiger charge is 2.13.